The number of aliphatic imine (C=N–C) groups is 1. The van der Waals surface area contributed by atoms with Gasteiger partial charge in [0, 0.05) is 0 Å². The lowest BCUT2D eigenvalue weighted by molar-refractivity contribution is -0.115. The van der Waals surface area contributed by atoms with E-state index in [0.29, 0.717) is 10.1 Å². The van der Waals surface area contributed by atoms with Gasteiger partial charge in [0.2, 0.25) is 0 Å². The first-order valence-electron chi connectivity index (χ1n) is 8.45. The molecule has 0 atom stereocenters. The fourth-order valence-corrected chi connectivity index (χ4v) is 3.77. The summed E-state index contributed by atoms with van der Waals surface area (Å²) in [7, 11) is 0. The zero-order chi connectivity index (χ0) is 18.1. The smallest absolute Gasteiger partial charge is 0.264 e. The summed E-state index contributed by atoms with van der Waals surface area (Å²) in [5.74, 6) is -0.105. The zero-order valence-corrected chi connectivity index (χ0v) is 15.4. The van der Waals surface area contributed by atoms with Crippen LogP contribution in [0.1, 0.15) is 16.7 Å². The van der Waals surface area contributed by atoms with E-state index in [1.54, 1.807) is 0 Å². The molecular weight excluding hydrogens is 340 g/mol. The van der Waals surface area contributed by atoms with Crippen molar-refractivity contribution >= 4 is 45.4 Å². The third kappa shape index (κ3) is 3.28. The Bertz CT molecular complexity index is 1080. The number of amides is 1. The van der Waals surface area contributed by atoms with Gasteiger partial charge in [-0.15, -0.1) is 0 Å². The van der Waals surface area contributed by atoms with Gasteiger partial charge in [0.15, 0.2) is 5.17 Å². The molecule has 0 spiro atoms. The highest BCUT2D eigenvalue weighted by molar-refractivity contribution is 8.18. The number of fused-ring (bicyclic) bond motifs is 1. The van der Waals surface area contributed by atoms with Gasteiger partial charge in [-0.05, 0) is 65.2 Å². The number of carbonyl (C=O) groups excluding carboxylic acids is 1. The molecule has 128 valence electrons. The Kier molecular flexibility index (Phi) is 4.35. The monoisotopic (exact) mass is 358 g/mol. The molecule has 1 N–H and O–H groups in total. The topological polar surface area (TPSA) is 41.5 Å². The zero-order valence-electron chi connectivity index (χ0n) is 14.6. The van der Waals surface area contributed by atoms with Crippen LogP contribution in [0.3, 0.4) is 0 Å². The SMILES string of the molecule is Cc1ccc(C)c(N=C2NC(=O)C(=Cc3cccc4ccccc34)S2)c1. The lowest BCUT2D eigenvalue weighted by Crippen LogP contribution is -2.19. The van der Waals surface area contributed by atoms with Gasteiger partial charge in [-0.1, -0.05) is 54.6 Å². The third-order valence-corrected chi connectivity index (χ3v) is 5.26. The van der Waals surface area contributed by atoms with Gasteiger partial charge in [-0.25, -0.2) is 4.99 Å². The average Bonchev–Trinajstić information content (AvgIpc) is 2.98. The second kappa shape index (κ2) is 6.81. The van der Waals surface area contributed by atoms with Crippen LogP contribution in [0.4, 0.5) is 5.69 Å². The van der Waals surface area contributed by atoms with Gasteiger partial charge in [0.25, 0.3) is 5.91 Å². The van der Waals surface area contributed by atoms with Crippen LogP contribution in [-0.2, 0) is 4.79 Å². The van der Waals surface area contributed by atoms with Gasteiger partial charge >= 0.3 is 0 Å². The number of thioether (sulfide) groups is 1. The first kappa shape index (κ1) is 16.6. The second-order valence-corrected chi connectivity index (χ2v) is 7.37. The number of carbonyl (C=O) groups is 1. The van der Waals surface area contributed by atoms with Gasteiger partial charge in [0.1, 0.15) is 0 Å². The highest BCUT2D eigenvalue weighted by atomic mass is 32.2. The number of amidine groups is 1. The molecule has 4 rings (SSSR count). The molecule has 1 aliphatic heterocycles. The van der Waals surface area contributed by atoms with Crippen molar-refractivity contribution in [2.24, 2.45) is 4.99 Å². The van der Waals surface area contributed by atoms with E-state index in [9.17, 15) is 4.79 Å². The lowest BCUT2D eigenvalue weighted by atomic mass is 10.0. The summed E-state index contributed by atoms with van der Waals surface area (Å²) in [5.41, 5.74) is 4.16. The van der Waals surface area contributed by atoms with Crippen LogP contribution in [0, 0.1) is 13.8 Å². The fraction of sp³-hybridized carbons (Fsp3) is 0.0909. The maximum absolute atomic E-state index is 12.4. The van der Waals surface area contributed by atoms with Gasteiger partial charge in [-0.3, -0.25) is 4.79 Å². The van der Waals surface area contributed by atoms with E-state index in [-0.39, 0.29) is 5.91 Å². The van der Waals surface area contributed by atoms with Crippen molar-refractivity contribution in [1.29, 1.82) is 0 Å². The molecule has 1 saturated heterocycles. The van der Waals surface area contributed by atoms with E-state index in [1.165, 1.54) is 11.8 Å². The van der Waals surface area contributed by atoms with Gasteiger partial charge in [-0.2, -0.15) is 0 Å². The highest BCUT2D eigenvalue weighted by Crippen LogP contribution is 2.31. The minimum atomic E-state index is -0.105. The first-order chi connectivity index (χ1) is 12.6. The molecule has 0 saturated carbocycles. The minimum Gasteiger partial charge on any atom is -0.300 e. The molecule has 1 aliphatic rings. The second-order valence-electron chi connectivity index (χ2n) is 6.34. The summed E-state index contributed by atoms with van der Waals surface area (Å²) < 4.78 is 0. The Morgan fingerprint density at radius 2 is 1.81 bits per heavy atom. The van der Waals surface area contributed by atoms with E-state index in [0.717, 1.165) is 33.2 Å². The molecule has 0 bridgehead atoms. The summed E-state index contributed by atoms with van der Waals surface area (Å²) in [6, 6.07) is 20.4. The first-order valence-corrected chi connectivity index (χ1v) is 9.26. The Morgan fingerprint density at radius 3 is 2.69 bits per heavy atom. The van der Waals surface area contributed by atoms with Gasteiger partial charge < -0.3 is 5.32 Å². The number of hydrogen-bond acceptors (Lipinski definition) is 3. The number of hydrogen-bond donors (Lipinski definition) is 1. The molecule has 1 heterocycles. The largest absolute Gasteiger partial charge is 0.300 e. The third-order valence-electron chi connectivity index (χ3n) is 4.35. The molecule has 4 heteroatoms. The standard InChI is InChI=1S/C22H18N2OS/c1-14-10-11-15(2)19(12-14)23-22-24-21(25)20(26-22)13-17-8-5-7-16-6-3-4-9-18(16)17/h3-13H,1-2H3,(H,23,24,25). The van der Waals surface area contributed by atoms with E-state index < -0.39 is 0 Å². The Balaban J connectivity index is 1.69. The number of nitrogens with one attached hydrogen (secondary N) is 1. The van der Waals surface area contributed by atoms with E-state index in [4.69, 9.17) is 0 Å². The Labute approximate surface area is 156 Å². The predicted octanol–water partition coefficient (Wildman–Crippen LogP) is 5.35. The van der Waals surface area contributed by atoms with Crippen molar-refractivity contribution in [3.05, 3.63) is 82.3 Å². The number of aryl methyl sites for hydroxylation is 2. The molecule has 3 aromatic carbocycles. The predicted molar refractivity (Wildman–Crippen MR) is 111 cm³/mol. The van der Waals surface area contributed by atoms with E-state index in [2.05, 4.69) is 34.6 Å². The molecule has 0 aliphatic carbocycles. The average molecular weight is 358 g/mol. The summed E-state index contributed by atoms with van der Waals surface area (Å²) >= 11 is 1.38. The van der Waals surface area contributed by atoms with Crippen molar-refractivity contribution in [2.75, 3.05) is 0 Å². The van der Waals surface area contributed by atoms with Crippen LogP contribution in [0.15, 0.2) is 70.6 Å². The summed E-state index contributed by atoms with van der Waals surface area (Å²) in [5, 5.41) is 5.79. The molecule has 0 aromatic heterocycles. The molecule has 26 heavy (non-hydrogen) atoms. The van der Waals surface area contributed by atoms with Crippen molar-refractivity contribution in [3.8, 4) is 0 Å². The van der Waals surface area contributed by atoms with E-state index in [1.807, 2.05) is 56.3 Å². The Morgan fingerprint density at radius 1 is 1.00 bits per heavy atom. The summed E-state index contributed by atoms with van der Waals surface area (Å²) in [4.78, 5) is 17.7. The fourth-order valence-electron chi connectivity index (χ4n) is 2.95. The van der Waals surface area contributed by atoms with Crippen LogP contribution < -0.4 is 5.32 Å². The maximum Gasteiger partial charge on any atom is 0.264 e. The molecule has 1 amide bonds. The Hall–Kier alpha value is -2.85. The molecule has 0 unspecified atom stereocenters. The quantitative estimate of drug-likeness (QED) is 0.628. The molecular formula is C22H18N2OS. The van der Waals surface area contributed by atoms with Crippen LogP contribution in [-0.4, -0.2) is 11.1 Å². The molecule has 3 nitrogen and oxygen atoms in total. The lowest BCUT2D eigenvalue weighted by Gasteiger charge is -2.03. The van der Waals surface area contributed by atoms with Crippen LogP contribution in [0.5, 0.6) is 0 Å². The molecule has 0 radical (unpaired) electrons. The molecule has 3 aromatic rings. The summed E-state index contributed by atoms with van der Waals surface area (Å²) in [6.45, 7) is 4.06. The van der Waals surface area contributed by atoms with Crippen molar-refractivity contribution < 1.29 is 4.79 Å². The minimum absolute atomic E-state index is 0.105. The number of nitrogens with zero attached hydrogens (tertiary/aromatic N) is 1. The van der Waals surface area contributed by atoms with Crippen LogP contribution in [0.2, 0.25) is 0 Å². The van der Waals surface area contributed by atoms with E-state index >= 15 is 0 Å². The van der Waals surface area contributed by atoms with Crippen molar-refractivity contribution in [1.82, 2.24) is 5.32 Å². The van der Waals surface area contributed by atoms with Crippen LogP contribution in [0.25, 0.3) is 16.8 Å². The van der Waals surface area contributed by atoms with Gasteiger partial charge in [0.05, 0.1) is 10.6 Å². The number of rotatable bonds is 2. The van der Waals surface area contributed by atoms with Crippen LogP contribution >= 0.6 is 11.8 Å². The molecule has 1 fully saturated rings. The number of benzene rings is 3. The maximum atomic E-state index is 12.4. The summed E-state index contributed by atoms with van der Waals surface area (Å²) in [6.07, 6.45) is 1.94. The van der Waals surface area contributed by atoms with Crippen molar-refractivity contribution in [2.45, 2.75) is 13.8 Å². The normalized spacial score (nSPS) is 17.2. The highest BCUT2D eigenvalue weighted by Gasteiger charge is 2.24. The van der Waals surface area contributed by atoms with Crippen molar-refractivity contribution in [3.63, 3.8) is 0 Å².